The van der Waals surface area contributed by atoms with Crippen molar-refractivity contribution in [1.82, 2.24) is 4.57 Å². The highest BCUT2D eigenvalue weighted by Crippen LogP contribution is 2.60. The molecular weight excluding hydrogens is 248 g/mol. The highest BCUT2D eigenvalue weighted by Gasteiger charge is 2.52. The predicted octanol–water partition coefficient (Wildman–Crippen LogP) is 2.31. The molecule has 4 fully saturated rings. The summed E-state index contributed by atoms with van der Waals surface area (Å²) in [5, 5.41) is 0. The monoisotopic (exact) mass is 272 g/mol. The zero-order chi connectivity index (χ0) is 13.9. The molecule has 0 aromatic carbocycles. The van der Waals surface area contributed by atoms with Gasteiger partial charge in [0.2, 0.25) is 0 Å². The van der Waals surface area contributed by atoms with E-state index in [4.69, 9.17) is 5.73 Å². The normalized spacial score (nSPS) is 38.4. The molecule has 0 saturated heterocycles. The molecule has 108 valence electrons. The van der Waals surface area contributed by atoms with E-state index in [0.717, 1.165) is 23.3 Å². The molecule has 1 aromatic heterocycles. The molecule has 4 saturated carbocycles. The third kappa shape index (κ3) is 1.65. The Morgan fingerprint density at radius 2 is 1.70 bits per heavy atom. The van der Waals surface area contributed by atoms with Crippen molar-refractivity contribution in [2.75, 3.05) is 0 Å². The van der Waals surface area contributed by atoms with Crippen LogP contribution in [0.2, 0.25) is 0 Å². The van der Waals surface area contributed by atoms with Crippen molar-refractivity contribution in [3.8, 4) is 0 Å². The summed E-state index contributed by atoms with van der Waals surface area (Å²) in [4.78, 5) is 12.4. The van der Waals surface area contributed by atoms with E-state index in [0.29, 0.717) is 6.54 Å². The summed E-state index contributed by atoms with van der Waals surface area (Å²) < 4.78 is 1.90. The Labute approximate surface area is 120 Å². The third-order valence-corrected chi connectivity index (χ3v) is 6.18. The van der Waals surface area contributed by atoms with Crippen LogP contribution in [-0.2, 0) is 19.0 Å². The van der Waals surface area contributed by atoms with Crippen molar-refractivity contribution in [2.45, 2.75) is 50.5 Å². The smallest absolute Gasteiger partial charge is 0.254 e. The molecule has 3 heteroatoms. The number of aromatic nitrogens is 1. The first-order chi connectivity index (χ1) is 9.61. The summed E-state index contributed by atoms with van der Waals surface area (Å²) >= 11 is 0. The van der Waals surface area contributed by atoms with Gasteiger partial charge in [0.15, 0.2) is 0 Å². The molecule has 0 unspecified atom stereocenters. The molecule has 4 aliphatic carbocycles. The van der Waals surface area contributed by atoms with Gasteiger partial charge >= 0.3 is 0 Å². The van der Waals surface area contributed by atoms with Crippen molar-refractivity contribution in [3.05, 3.63) is 33.7 Å². The van der Waals surface area contributed by atoms with E-state index in [9.17, 15) is 4.79 Å². The summed E-state index contributed by atoms with van der Waals surface area (Å²) in [6.45, 7) is 0.341. The van der Waals surface area contributed by atoms with Gasteiger partial charge < -0.3 is 10.3 Å². The van der Waals surface area contributed by atoms with Gasteiger partial charge in [-0.1, -0.05) is 6.07 Å². The summed E-state index contributed by atoms with van der Waals surface area (Å²) in [6.07, 6.45) is 8.22. The van der Waals surface area contributed by atoms with Gasteiger partial charge in [-0.3, -0.25) is 4.79 Å². The van der Waals surface area contributed by atoms with Gasteiger partial charge in [0.25, 0.3) is 5.56 Å². The molecule has 1 aromatic rings. The lowest BCUT2D eigenvalue weighted by molar-refractivity contribution is -0.00889. The Morgan fingerprint density at radius 3 is 2.20 bits per heavy atom. The first kappa shape index (κ1) is 12.6. The predicted molar refractivity (Wildman–Crippen MR) is 79.4 cm³/mol. The third-order valence-electron chi connectivity index (χ3n) is 6.18. The maximum Gasteiger partial charge on any atom is 0.254 e. The lowest BCUT2D eigenvalue weighted by atomic mass is 9.48. The standard InChI is InChI=1S/C17H24N2O/c1-19-15(3-2-14(10-18)16(19)20)17-7-11-4-12(8-17)6-13(5-11)9-17/h2-3,11-13H,4-10,18H2,1H3. The van der Waals surface area contributed by atoms with Crippen LogP contribution in [-0.4, -0.2) is 4.57 Å². The Morgan fingerprint density at radius 1 is 1.15 bits per heavy atom. The van der Waals surface area contributed by atoms with Crippen LogP contribution >= 0.6 is 0 Å². The molecule has 0 atom stereocenters. The summed E-state index contributed by atoms with van der Waals surface area (Å²) in [6, 6.07) is 4.16. The molecular formula is C17H24N2O. The Balaban J connectivity index is 1.81. The molecule has 2 N–H and O–H groups in total. The second kappa shape index (κ2) is 4.20. The minimum Gasteiger partial charge on any atom is -0.326 e. The SMILES string of the molecule is Cn1c(C23CC4CC(CC(C4)C2)C3)ccc(CN)c1=O. The fraction of sp³-hybridized carbons (Fsp3) is 0.706. The number of hydrogen-bond donors (Lipinski definition) is 1. The summed E-state index contributed by atoms with van der Waals surface area (Å²) in [5.41, 5.74) is 8.08. The summed E-state index contributed by atoms with van der Waals surface area (Å²) in [5.74, 6) is 2.72. The van der Waals surface area contributed by atoms with Crippen LogP contribution in [0.5, 0.6) is 0 Å². The largest absolute Gasteiger partial charge is 0.326 e. The van der Waals surface area contributed by atoms with Crippen molar-refractivity contribution in [2.24, 2.45) is 30.5 Å². The van der Waals surface area contributed by atoms with Crippen molar-refractivity contribution in [1.29, 1.82) is 0 Å². The van der Waals surface area contributed by atoms with E-state index in [1.165, 1.54) is 44.2 Å². The van der Waals surface area contributed by atoms with E-state index >= 15 is 0 Å². The van der Waals surface area contributed by atoms with Crippen LogP contribution in [0, 0.1) is 17.8 Å². The van der Waals surface area contributed by atoms with Gasteiger partial charge in [-0.25, -0.2) is 0 Å². The highest BCUT2D eigenvalue weighted by molar-refractivity contribution is 5.26. The minimum atomic E-state index is 0.112. The van der Waals surface area contributed by atoms with E-state index < -0.39 is 0 Å². The van der Waals surface area contributed by atoms with Crippen LogP contribution in [0.25, 0.3) is 0 Å². The number of nitrogens with zero attached hydrogens (tertiary/aromatic N) is 1. The Kier molecular flexibility index (Phi) is 2.65. The van der Waals surface area contributed by atoms with Crippen LogP contribution in [0.4, 0.5) is 0 Å². The average molecular weight is 272 g/mol. The zero-order valence-electron chi connectivity index (χ0n) is 12.3. The molecule has 4 bridgehead atoms. The van der Waals surface area contributed by atoms with Gasteiger partial charge in [-0.05, 0) is 62.3 Å². The highest BCUT2D eigenvalue weighted by atomic mass is 16.1. The lowest BCUT2D eigenvalue weighted by Crippen LogP contribution is -2.50. The molecule has 4 aliphatic rings. The van der Waals surface area contributed by atoms with Gasteiger partial charge in [0, 0.05) is 30.3 Å². The van der Waals surface area contributed by atoms with Gasteiger partial charge in [-0.15, -0.1) is 0 Å². The maximum atomic E-state index is 12.4. The summed E-state index contributed by atoms with van der Waals surface area (Å²) in [7, 11) is 1.94. The van der Waals surface area contributed by atoms with E-state index in [2.05, 4.69) is 6.07 Å². The second-order valence-corrected chi connectivity index (χ2v) is 7.51. The van der Waals surface area contributed by atoms with Crippen LogP contribution in [0.15, 0.2) is 16.9 Å². The molecule has 0 amide bonds. The molecule has 3 nitrogen and oxygen atoms in total. The first-order valence-electron chi connectivity index (χ1n) is 8.01. The number of rotatable bonds is 2. The topological polar surface area (TPSA) is 48.0 Å². The number of hydrogen-bond acceptors (Lipinski definition) is 2. The van der Waals surface area contributed by atoms with Crippen LogP contribution < -0.4 is 11.3 Å². The molecule has 20 heavy (non-hydrogen) atoms. The molecule has 5 rings (SSSR count). The first-order valence-corrected chi connectivity index (χ1v) is 8.01. The van der Waals surface area contributed by atoms with E-state index in [-0.39, 0.29) is 11.0 Å². The molecule has 0 aliphatic heterocycles. The molecule has 0 spiro atoms. The maximum absolute atomic E-state index is 12.4. The molecule has 0 radical (unpaired) electrons. The number of pyridine rings is 1. The lowest BCUT2D eigenvalue weighted by Gasteiger charge is -2.57. The van der Waals surface area contributed by atoms with Gasteiger partial charge in [0.1, 0.15) is 0 Å². The van der Waals surface area contributed by atoms with Crippen molar-refractivity contribution >= 4 is 0 Å². The van der Waals surface area contributed by atoms with Crippen LogP contribution in [0.3, 0.4) is 0 Å². The zero-order valence-corrected chi connectivity index (χ0v) is 12.3. The van der Waals surface area contributed by atoms with E-state index in [1.54, 1.807) is 0 Å². The average Bonchev–Trinajstić information content (AvgIpc) is 2.40. The molecule has 1 heterocycles. The number of nitrogens with two attached hydrogens (primary N) is 1. The minimum absolute atomic E-state index is 0.112. The van der Waals surface area contributed by atoms with E-state index in [1.807, 2.05) is 17.7 Å². The fourth-order valence-electron chi connectivity index (χ4n) is 5.80. The van der Waals surface area contributed by atoms with Gasteiger partial charge in [-0.2, -0.15) is 0 Å². The Hall–Kier alpha value is -1.09. The van der Waals surface area contributed by atoms with Gasteiger partial charge in [0.05, 0.1) is 0 Å². The quantitative estimate of drug-likeness (QED) is 0.898. The fourth-order valence-corrected chi connectivity index (χ4v) is 5.80. The second-order valence-electron chi connectivity index (χ2n) is 7.51. The van der Waals surface area contributed by atoms with Crippen molar-refractivity contribution in [3.63, 3.8) is 0 Å². The Bertz CT molecular complexity index is 566. The van der Waals surface area contributed by atoms with Crippen molar-refractivity contribution < 1.29 is 0 Å². The van der Waals surface area contributed by atoms with Crippen LogP contribution in [0.1, 0.15) is 49.8 Å².